The quantitative estimate of drug-likeness (QED) is 0.615. The first-order valence-electron chi connectivity index (χ1n) is 6.49. The number of rotatable bonds is 8. The molecular weight excluding hydrogens is 226 g/mol. The Bertz CT molecular complexity index is 338. The van der Waals surface area contributed by atoms with Crippen LogP contribution in [0.1, 0.15) is 26.2 Å². The molecule has 1 atom stereocenters. The fourth-order valence-electron chi connectivity index (χ4n) is 1.55. The second kappa shape index (κ2) is 8.53. The molecule has 1 rings (SSSR count). The van der Waals surface area contributed by atoms with Crippen molar-refractivity contribution in [3.63, 3.8) is 0 Å². The van der Waals surface area contributed by atoms with Gasteiger partial charge in [-0.05, 0) is 31.9 Å². The Morgan fingerprint density at radius 2 is 2.00 bits per heavy atom. The summed E-state index contributed by atoms with van der Waals surface area (Å²) in [5, 5.41) is 6.19. The van der Waals surface area contributed by atoms with Gasteiger partial charge in [-0.15, -0.1) is 0 Å². The summed E-state index contributed by atoms with van der Waals surface area (Å²) in [4.78, 5) is 11.4. The van der Waals surface area contributed by atoms with Crippen molar-refractivity contribution in [3.8, 4) is 0 Å². The summed E-state index contributed by atoms with van der Waals surface area (Å²) in [7, 11) is 0. The molecule has 0 aliphatic heterocycles. The van der Waals surface area contributed by atoms with Crippen molar-refractivity contribution in [2.75, 3.05) is 18.4 Å². The molecule has 0 bridgehead atoms. The number of nitrogens with one attached hydrogen (secondary N) is 2. The monoisotopic (exact) mass is 249 g/mol. The number of benzene rings is 1. The van der Waals surface area contributed by atoms with Crippen LogP contribution in [-0.2, 0) is 4.79 Å². The molecule has 1 unspecified atom stereocenters. The third-order valence-electron chi connectivity index (χ3n) is 2.61. The number of carbonyl (C=O) groups is 1. The van der Waals surface area contributed by atoms with Crippen molar-refractivity contribution in [3.05, 3.63) is 30.3 Å². The van der Waals surface area contributed by atoms with E-state index in [4.69, 9.17) is 5.73 Å². The van der Waals surface area contributed by atoms with E-state index in [-0.39, 0.29) is 11.9 Å². The van der Waals surface area contributed by atoms with E-state index in [1.165, 1.54) is 0 Å². The lowest BCUT2D eigenvalue weighted by atomic mass is 10.2. The summed E-state index contributed by atoms with van der Waals surface area (Å²) < 4.78 is 0. The average molecular weight is 249 g/mol. The second-order valence-electron chi connectivity index (χ2n) is 4.51. The Hall–Kier alpha value is -1.55. The number of nitrogens with two attached hydrogens (primary N) is 1. The molecule has 0 fully saturated rings. The fraction of sp³-hybridized carbons (Fsp3) is 0.500. The van der Waals surface area contributed by atoms with Gasteiger partial charge in [-0.25, -0.2) is 0 Å². The highest BCUT2D eigenvalue weighted by Gasteiger charge is 2.02. The molecular formula is C14H23N3O. The minimum atomic E-state index is 0.0898. The van der Waals surface area contributed by atoms with Gasteiger partial charge in [-0.1, -0.05) is 18.2 Å². The molecule has 1 aromatic rings. The minimum Gasteiger partial charge on any atom is -0.385 e. The van der Waals surface area contributed by atoms with Crippen LogP contribution in [0, 0.1) is 0 Å². The van der Waals surface area contributed by atoms with Crippen LogP contribution in [0.2, 0.25) is 0 Å². The first-order chi connectivity index (χ1) is 8.68. The van der Waals surface area contributed by atoms with Crippen molar-refractivity contribution in [2.24, 2.45) is 5.73 Å². The zero-order chi connectivity index (χ0) is 13.2. The molecule has 4 nitrogen and oxygen atoms in total. The third kappa shape index (κ3) is 6.91. The van der Waals surface area contributed by atoms with Crippen LogP contribution in [0.4, 0.5) is 5.69 Å². The lowest BCUT2D eigenvalue weighted by Gasteiger charge is -2.08. The molecule has 100 valence electrons. The van der Waals surface area contributed by atoms with Gasteiger partial charge in [-0.2, -0.15) is 0 Å². The summed E-state index contributed by atoms with van der Waals surface area (Å²) in [6.45, 7) is 3.48. The number of hydrogen-bond acceptors (Lipinski definition) is 3. The summed E-state index contributed by atoms with van der Waals surface area (Å²) in [5.74, 6) is 0.0898. The maximum absolute atomic E-state index is 11.4. The topological polar surface area (TPSA) is 67.2 Å². The smallest absolute Gasteiger partial charge is 0.220 e. The SMILES string of the molecule is CC(N)CCC(=O)NCCCNc1ccccc1. The molecule has 0 aromatic heterocycles. The van der Waals surface area contributed by atoms with Crippen LogP contribution in [0.25, 0.3) is 0 Å². The Balaban J connectivity index is 2.00. The van der Waals surface area contributed by atoms with E-state index in [0.29, 0.717) is 13.0 Å². The van der Waals surface area contributed by atoms with Crippen LogP contribution in [0.15, 0.2) is 30.3 Å². The summed E-state index contributed by atoms with van der Waals surface area (Å²) in [5.41, 5.74) is 6.70. The average Bonchev–Trinajstić information content (AvgIpc) is 2.37. The molecule has 0 radical (unpaired) electrons. The first-order valence-corrected chi connectivity index (χ1v) is 6.49. The van der Waals surface area contributed by atoms with Gasteiger partial charge < -0.3 is 16.4 Å². The highest BCUT2D eigenvalue weighted by atomic mass is 16.1. The van der Waals surface area contributed by atoms with Crippen molar-refractivity contribution < 1.29 is 4.79 Å². The predicted molar refractivity (Wildman–Crippen MR) is 75.4 cm³/mol. The van der Waals surface area contributed by atoms with Gasteiger partial charge in [0.25, 0.3) is 0 Å². The molecule has 0 aliphatic carbocycles. The van der Waals surface area contributed by atoms with Gasteiger partial charge in [0.05, 0.1) is 0 Å². The van der Waals surface area contributed by atoms with Gasteiger partial charge in [0.15, 0.2) is 0 Å². The number of hydrogen-bond donors (Lipinski definition) is 3. The van der Waals surface area contributed by atoms with Crippen LogP contribution in [-0.4, -0.2) is 25.0 Å². The Morgan fingerprint density at radius 3 is 2.67 bits per heavy atom. The van der Waals surface area contributed by atoms with E-state index in [1.54, 1.807) is 0 Å². The van der Waals surface area contributed by atoms with Gasteiger partial charge >= 0.3 is 0 Å². The van der Waals surface area contributed by atoms with Gasteiger partial charge in [0.2, 0.25) is 5.91 Å². The highest BCUT2D eigenvalue weighted by molar-refractivity contribution is 5.75. The lowest BCUT2D eigenvalue weighted by Crippen LogP contribution is -2.27. The predicted octanol–water partition coefficient (Wildman–Crippen LogP) is 1.73. The molecule has 4 N–H and O–H groups in total. The van der Waals surface area contributed by atoms with Crippen LogP contribution in [0.3, 0.4) is 0 Å². The van der Waals surface area contributed by atoms with Crippen molar-refractivity contribution in [1.29, 1.82) is 0 Å². The Morgan fingerprint density at radius 1 is 1.28 bits per heavy atom. The van der Waals surface area contributed by atoms with Gasteiger partial charge in [0, 0.05) is 31.2 Å². The Labute approximate surface area is 109 Å². The molecule has 4 heteroatoms. The molecule has 1 aromatic carbocycles. The van der Waals surface area contributed by atoms with Crippen molar-refractivity contribution in [2.45, 2.75) is 32.2 Å². The number of para-hydroxylation sites is 1. The molecule has 18 heavy (non-hydrogen) atoms. The van der Waals surface area contributed by atoms with Crippen LogP contribution >= 0.6 is 0 Å². The van der Waals surface area contributed by atoms with E-state index in [0.717, 1.165) is 25.1 Å². The highest BCUT2D eigenvalue weighted by Crippen LogP contribution is 2.04. The maximum atomic E-state index is 11.4. The zero-order valence-corrected chi connectivity index (χ0v) is 11.0. The van der Waals surface area contributed by atoms with Crippen molar-refractivity contribution in [1.82, 2.24) is 5.32 Å². The number of amides is 1. The second-order valence-corrected chi connectivity index (χ2v) is 4.51. The normalized spacial score (nSPS) is 11.9. The minimum absolute atomic E-state index is 0.0898. The Kier molecular flexibility index (Phi) is 6.87. The van der Waals surface area contributed by atoms with Gasteiger partial charge in [0.1, 0.15) is 0 Å². The van der Waals surface area contributed by atoms with E-state index >= 15 is 0 Å². The summed E-state index contributed by atoms with van der Waals surface area (Å²) in [6, 6.07) is 10.1. The first kappa shape index (κ1) is 14.5. The summed E-state index contributed by atoms with van der Waals surface area (Å²) >= 11 is 0. The molecule has 0 saturated heterocycles. The van der Waals surface area contributed by atoms with E-state index < -0.39 is 0 Å². The number of anilines is 1. The molecule has 0 aliphatic rings. The zero-order valence-electron chi connectivity index (χ0n) is 11.0. The van der Waals surface area contributed by atoms with Gasteiger partial charge in [-0.3, -0.25) is 4.79 Å². The van der Waals surface area contributed by atoms with E-state index in [2.05, 4.69) is 10.6 Å². The van der Waals surface area contributed by atoms with Crippen LogP contribution < -0.4 is 16.4 Å². The fourth-order valence-corrected chi connectivity index (χ4v) is 1.55. The number of carbonyl (C=O) groups excluding carboxylic acids is 1. The largest absolute Gasteiger partial charge is 0.385 e. The summed E-state index contributed by atoms with van der Waals surface area (Å²) in [6.07, 6.45) is 2.18. The van der Waals surface area contributed by atoms with Crippen molar-refractivity contribution >= 4 is 11.6 Å². The molecule has 0 heterocycles. The molecule has 0 spiro atoms. The maximum Gasteiger partial charge on any atom is 0.220 e. The lowest BCUT2D eigenvalue weighted by molar-refractivity contribution is -0.121. The van der Waals surface area contributed by atoms with E-state index in [9.17, 15) is 4.79 Å². The molecule has 1 amide bonds. The third-order valence-corrected chi connectivity index (χ3v) is 2.61. The van der Waals surface area contributed by atoms with Crippen LogP contribution in [0.5, 0.6) is 0 Å². The standard InChI is InChI=1S/C14H23N3O/c1-12(15)8-9-14(18)17-11-5-10-16-13-6-3-2-4-7-13/h2-4,6-7,12,16H,5,8-11,15H2,1H3,(H,17,18). The van der Waals surface area contributed by atoms with E-state index in [1.807, 2.05) is 37.3 Å². The molecule has 0 saturated carbocycles.